The first-order chi connectivity index (χ1) is 15.4. The van der Waals surface area contributed by atoms with Crippen LogP contribution in [0, 0.1) is 24.5 Å². The number of allylic oxidation sites excluding steroid dienone is 2. The molecule has 1 aromatic carbocycles. The van der Waals surface area contributed by atoms with Gasteiger partial charge in [-0.25, -0.2) is 13.8 Å². The number of hydrazine groups is 1. The molecule has 5 N–H and O–H groups in total. The first-order valence-electron chi connectivity index (χ1n) is 10.1. The zero-order valence-corrected chi connectivity index (χ0v) is 17.5. The van der Waals surface area contributed by atoms with Crippen molar-refractivity contribution in [3.63, 3.8) is 0 Å². The third-order valence-electron chi connectivity index (χ3n) is 4.85. The van der Waals surface area contributed by atoms with Crippen LogP contribution in [0.2, 0.25) is 0 Å². The molecule has 0 radical (unpaired) electrons. The molecule has 166 valence electrons. The second-order valence-electron chi connectivity index (χ2n) is 7.55. The predicted molar refractivity (Wildman–Crippen MR) is 117 cm³/mol. The van der Waals surface area contributed by atoms with Crippen LogP contribution < -0.4 is 21.9 Å². The Labute approximate surface area is 183 Å². The van der Waals surface area contributed by atoms with Crippen molar-refractivity contribution >= 4 is 11.8 Å². The Morgan fingerprint density at radius 1 is 1.22 bits per heavy atom. The zero-order valence-electron chi connectivity index (χ0n) is 17.5. The third-order valence-corrected chi connectivity index (χ3v) is 4.85. The number of halogens is 2. The van der Waals surface area contributed by atoms with Crippen molar-refractivity contribution in [2.45, 2.75) is 26.3 Å². The fraction of sp³-hybridized carbons (Fsp3) is 0.227. The van der Waals surface area contributed by atoms with Crippen LogP contribution in [0.4, 0.5) is 20.5 Å². The molecule has 1 fully saturated rings. The molecule has 1 saturated carbocycles. The van der Waals surface area contributed by atoms with Crippen molar-refractivity contribution in [1.29, 1.82) is 0 Å². The second-order valence-corrected chi connectivity index (χ2v) is 7.55. The summed E-state index contributed by atoms with van der Waals surface area (Å²) in [5.74, 6) is 5.63. The Kier molecular flexibility index (Phi) is 6.13. The molecule has 8 nitrogen and oxygen atoms in total. The van der Waals surface area contributed by atoms with E-state index in [-0.39, 0.29) is 6.54 Å². The van der Waals surface area contributed by atoms with E-state index in [0.717, 1.165) is 36.4 Å². The van der Waals surface area contributed by atoms with Gasteiger partial charge < -0.3 is 20.6 Å². The maximum absolute atomic E-state index is 13.5. The predicted octanol–water partition coefficient (Wildman–Crippen LogP) is 4.01. The summed E-state index contributed by atoms with van der Waals surface area (Å²) in [7, 11) is 0. The Hall–Kier alpha value is -3.79. The van der Waals surface area contributed by atoms with Crippen LogP contribution in [-0.4, -0.2) is 15.1 Å². The number of anilines is 2. The molecule has 0 saturated heterocycles. The summed E-state index contributed by atoms with van der Waals surface area (Å²) >= 11 is 0. The number of nitrogens with one attached hydrogen (secondary N) is 3. The molecule has 2 aromatic heterocycles. The van der Waals surface area contributed by atoms with Gasteiger partial charge in [0.15, 0.2) is 17.4 Å². The normalized spacial score (nSPS) is 13.7. The molecule has 4 rings (SSSR count). The van der Waals surface area contributed by atoms with Crippen molar-refractivity contribution in [3.05, 3.63) is 77.5 Å². The van der Waals surface area contributed by atoms with E-state index in [9.17, 15) is 8.78 Å². The van der Waals surface area contributed by atoms with Crippen molar-refractivity contribution in [1.82, 2.24) is 20.6 Å². The molecule has 0 spiro atoms. The lowest BCUT2D eigenvalue weighted by molar-refractivity contribution is 0.390. The van der Waals surface area contributed by atoms with Crippen molar-refractivity contribution in [2.24, 2.45) is 11.8 Å². The minimum atomic E-state index is -0.943. The van der Waals surface area contributed by atoms with Gasteiger partial charge in [0.2, 0.25) is 5.95 Å². The van der Waals surface area contributed by atoms with E-state index in [1.807, 2.05) is 13.0 Å². The molecule has 1 aliphatic rings. The van der Waals surface area contributed by atoms with Gasteiger partial charge in [0, 0.05) is 40.7 Å². The van der Waals surface area contributed by atoms with E-state index >= 15 is 0 Å². The van der Waals surface area contributed by atoms with Crippen LogP contribution in [-0.2, 0) is 6.54 Å². The lowest BCUT2D eigenvalue weighted by atomic mass is 10.1. The summed E-state index contributed by atoms with van der Waals surface area (Å²) in [6.45, 7) is 6.11. The van der Waals surface area contributed by atoms with Gasteiger partial charge in [-0.2, -0.15) is 4.98 Å². The molecule has 0 bridgehead atoms. The molecule has 32 heavy (non-hydrogen) atoms. The highest BCUT2D eigenvalue weighted by molar-refractivity contribution is 5.59. The van der Waals surface area contributed by atoms with E-state index in [1.165, 1.54) is 6.07 Å². The summed E-state index contributed by atoms with van der Waals surface area (Å²) in [5.41, 5.74) is 5.88. The SMILES string of the molecule is C=C(/C=C(\NN)C1CC1)Nc1cc(C)nc(NCc2cc(-c3ccc(F)c(F)c3)no2)n1. The van der Waals surface area contributed by atoms with Crippen molar-refractivity contribution in [3.8, 4) is 11.3 Å². The number of nitrogens with zero attached hydrogens (tertiary/aromatic N) is 3. The first-order valence-corrected chi connectivity index (χ1v) is 10.1. The Morgan fingerprint density at radius 2 is 2.03 bits per heavy atom. The Balaban J connectivity index is 1.40. The summed E-state index contributed by atoms with van der Waals surface area (Å²) in [6.07, 6.45) is 4.10. The zero-order chi connectivity index (χ0) is 22.7. The topological polar surface area (TPSA) is 114 Å². The maximum atomic E-state index is 13.5. The quantitative estimate of drug-likeness (QED) is 0.225. The molecule has 0 unspecified atom stereocenters. The van der Waals surface area contributed by atoms with Crippen LogP contribution in [0.5, 0.6) is 0 Å². The monoisotopic (exact) mass is 439 g/mol. The average Bonchev–Trinajstić information content (AvgIpc) is 3.49. The summed E-state index contributed by atoms with van der Waals surface area (Å²) in [4.78, 5) is 8.80. The fourth-order valence-corrected chi connectivity index (χ4v) is 3.13. The van der Waals surface area contributed by atoms with Gasteiger partial charge in [0.25, 0.3) is 0 Å². The summed E-state index contributed by atoms with van der Waals surface area (Å²) in [5, 5.41) is 10.1. The minimum Gasteiger partial charge on any atom is -0.359 e. The van der Waals surface area contributed by atoms with Crippen LogP contribution in [0.1, 0.15) is 24.3 Å². The van der Waals surface area contributed by atoms with Gasteiger partial charge >= 0.3 is 0 Å². The maximum Gasteiger partial charge on any atom is 0.225 e. The summed E-state index contributed by atoms with van der Waals surface area (Å²) in [6, 6.07) is 6.99. The van der Waals surface area contributed by atoms with Gasteiger partial charge in [0.05, 0.1) is 6.54 Å². The second kappa shape index (κ2) is 9.15. The van der Waals surface area contributed by atoms with Crippen LogP contribution in [0.3, 0.4) is 0 Å². The highest BCUT2D eigenvalue weighted by Crippen LogP contribution is 2.35. The molecule has 10 heteroatoms. The van der Waals surface area contributed by atoms with Crippen molar-refractivity contribution < 1.29 is 13.3 Å². The number of aryl methyl sites for hydroxylation is 1. The fourth-order valence-electron chi connectivity index (χ4n) is 3.13. The number of benzene rings is 1. The van der Waals surface area contributed by atoms with E-state index in [0.29, 0.717) is 40.4 Å². The number of rotatable bonds is 9. The van der Waals surface area contributed by atoms with E-state index in [2.05, 4.69) is 37.8 Å². The molecular formula is C22H23F2N7O. The Bertz CT molecular complexity index is 1170. The van der Waals surface area contributed by atoms with E-state index < -0.39 is 11.6 Å². The molecular weight excluding hydrogens is 416 g/mol. The standard InChI is InChI=1S/C22H23F2N7O/c1-12(7-19(30-25)14-3-4-14)27-21-8-13(2)28-22(29-21)26-11-16-10-20(31-32-16)15-5-6-17(23)18(24)9-15/h5-10,14,30H,1,3-4,11,25H2,2H3,(H2,26,27,28,29)/b19-7-. The largest absolute Gasteiger partial charge is 0.359 e. The van der Waals surface area contributed by atoms with Crippen LogP contribution >= 0.6 is 0 Å². The smallest absolute Gasteiger partial charge is 0.225 e. The lowest BCUT2D eigenvalue weighted by Crippen LogP contribution is -2.22. The highest BCUT2D eigenvalue weighted by Gasteiger charge is 2.25. The highest BCUT2D eigenvalue weighted by atomic mass is 19.2. The van der Waals surface area contributed by atoms with E-state index in [4.69, 9.17) is 10.4 Å². The number of nitrogens with two attached hydrogens (primary N) is 1. The lowest BCUT2D eigenvalue weighted by Gasteiger charge is -2.11. The van der Waals surface area contributed by atoms with Crippen LogP contribution in [0.15, 0.2) is 58.9 Å². The Morgan fingerprint density at radius 3 is 2.75 bits per heavy atom. The van der Waals surface area contributed by atoms with Crippen molar-refractivity contribution in [2.75, 3.05) is 10.6 Å². The molecule has 0 aliphatic heterocycles. The average molecular weight is 439 g/mol. The minimum absolute atomic E-state index is 0.253. The molecule has 2 heterocycles. The van der Waals surface area contributed by atoms with Crippen LogP contribution in [0.25, 0.3) is 11.3 Å². The van der Waals surface area contributed by atoms with E-state index in [1.54, 1.807) is 12.1 Å². The van der Waals surface area contributed by atoms with Gasteiger partial charge in [-0.1, -0.05) is 11.7 Å². The molecule has 0 atom stereocenters. The molecule has 0 amide bonds. The molecule has 1 aliphatic carbocycles. The number of hydrogen-bond acceptors (Lipinski definition) is 8. The number of aromatic nitrogens is 3. The third kappa shape index (κ3) is 5.27. The summed E-state index contributed by atoms with van der Waals surface area (Å²) < 4.78 is 31.9. The van der Waals surface area contributed by atoms with Gasteiger partial charge in [-0.3, -0.25) is 5.84 Å². The van der Waals surface area contributed by atoms with Gasteiger partial charge in [0.1, 0.15) is 11.5 Å². The van der Waals surface area contributed by atoms with Gasteiger partial charge in [-0.15, -0.1) is 0 Å². The number of hydrogen-bond donors (Lipinski definition) is 4. The molecule has 3 aromatic rings. The van der Waals surface area contributed by atoms with Gasteiger partial charge in [-0.05, 0) is 44.0 Å². The first kappa shape index (κ1) is 21.4.